The van der Waals surface area contributed by atoms with Crippen LogP contribution in [0.5, 0.6) is 0 Å². The van der Waals surface area contributed by atoms with Gasteiger partial charge in [0.2, 0.25) is 0 Å². The molecule has 1 saturated heterocycles. The van der Waals surface area contributed by atoms with Gasteiger partial charge in [0.25, 0.3) is 0 Å². The predicted molar refractivity (Wildman–Crippen MR) is 48.6 cm³/mol. The summed E-state index contributed by atoms with van der Waals surface area (Å²) < 4.78 is 4.52. The first-order chi connectivity index (χ1) is 5.77. The number of ether oxygens (including phenoxy) is 1. The second-order valence-corrected chi connectivity index (χ2v) is 2.58. The molecule has 1 heterocycles. The molecule has 1 rings (SSSR count). The number of nitrogens with one attached hydrogen (secondary N) is 1. The topological polar surface area (TPSA) is 87.1 Å². The minimum Gasteiger partial charge on any atom is -0.468 e. The van der Waals surface area contributed by atoms with Crippen LogP contribution >= 0.6 is 12.4 Å². The van der Waals surface area contributed by atoms with Crippen LogP contribution in [-0.4, -0.2) is 31.7 Å². The fourth-order valence-electron chi connectivity index (χ4n) is 1.20. The van der Waals surface area contributed by atoms with E-state index in [1.807, 2.05) is 0 Å². The van der Waals surface area contributed by atoms with E-state index in [2.05, 4.69) is 20.1 Å². The third-order valence-electron chi connectivity index (χ3n) is 1.81. The Bertz CT molecular complexity index is 229. The molecule has 0 spiro atoms. The number of carbonyl (C=O) groups is 1. The van der Waals surface area contributed by atoms with Gasteiger partial charge in [-0.05, 0) is 12.0 Å². The molecule has 0 aliphatic carbocycles. The molecule has 0 amide bonds. The van der Waals surface area contributed by atoms with Gasteiger partial charge in [0.15, 0.2) is 0 Å². The van der Waals surface area contributed by atoms with Crippen LogP contribution in [0.15, 0.2) is 5.11 Å². The zero-order chi connectivity index (χ0) is 8.97. The lowest BCUT2D eigenvalue weighted by molar-refractivity contribution is -0.142. The fraction of sp³-hybridized carbons (Fsp3) is 0.833. The highest BCUT2D eigenvalue weighted by molar-refractivity contribution is 5.85. The van der Waals surface area contributed by atoms with Crippen molar-refractivity contribution in [2.24, 2.45) is 5.11 Å². The Balaban J connectivity index is 0.00000144. The van der Waals surface area contributed by atoms with E-state index in [1.165, 1.54) is 7.11 Å². The second-order valence-electron chi connectivity index (χ2n) is 2.58. The van der Waals surface area contributed by atoms with E-state index < -0.39 is 0 Å². The third kappa shape index (κ3) is 3.10. The standard InChI is InChI=1S/C6H10N4O2.ClH/c1-12-6(11)5-2-4(3-8-5)9-10-7;/h4-5,8H,2-3H2,1H3;1H/t4-,5-;/m1./s1. The Morgan fingerprint density at radius 2 is 2.46 bits per heavy atom. The van der Waals surface area contributed by atoms with Gasteiger partial charge in [-0.25, -0.2) is 0 Å². The minimum absolute atomic E-state index is 0. The molecular weight excluding hydrogens is 196 g/mol. The van der Waals surface area contributed by atoms with Gasteiger partial charge >= 0.3 is 5.97 Å². The summed E-state index contributed by atoms with van der Waals surface area (Å²) >= 11 is 0. The van der Waals surface area contributed by atoms with E-state index in [-0.39, 0.29) is 30.5 Å². The predicted octanol–water partition coefficient (Wildman–Crippen LogP) is 0.622. The van der Waals surface area contributed by atoms with E-state index in [0.29, 0.717) is 13.0 Å². The van der Waals surface area contributed by atoms with Gasteiger partial charge in [-0.15, -0.1) is 12.4 Å². The summed E-state index contributed by atoms with van der Waals surface area (Å²) in [6.07, 6.45) is 0.525. The van der Waals surface area contributed by atoms with Crippen LogP contribution in [0.1, 0.15) is 6.42 Å². The first kappa shape index (κ1) is 12.0. The zero-order valence-electron chi connectivity index (χ0n) is 7.14. The maximum Gasteiger partial charge on any atom is 0.322 e. The monoisotopic (exact) mass is 206 g/mol. The molecule has 2 atom stereocenters. The van der Waals surface area contributed by atoms with Crippen LogP contribution in [0, 0.1) is 0 Å². The largest absolute Gasteiger partial charge is 0.468 e. The zero-order valence-corrected chi connectivity index (χ0v) is 7.95. The average Bonchev–Trinajstić information content (AvgIpc) is 2.52. The Morgan fingerprint density at radius 3 is 3.00 bits per heavy atom. The SMILES string of the molecule is COC(=O)[C@H]1C[C@@H](N=[N+]=[N-])CN1.Cl. The Labute approximate surface area is 81.7 Å². The Hall–Kier alpha value is -0.970. The molecule has 1 aliphatic heterocycles. The van der Waals surface area contributed by atoms with Gasteiger partial charge in [0, 0.05) is 11.5 Å². The summed E-state index contributed by atoms with van der Waals surface area (Å²) in [4.78, 5) is 13.6. The van der Waals surface area contributed by atoms with E-state index >= 15 is 0 Å². The second kappa shape index (κ2) is 5.64. The summed E-state index contributed by atoms with van der Waals surface area (Å²) in [5.74, 6) is -0.300. The van der Waals surface area contributed by atoms with Crippen LogP contribution < -0.4 is 5.32 Å². The maximum atomic E-state index is 10.9. The molecule has 0 aromatic carbocycles. The Morgan fingerprint density at radius 1 is 1.77 bits per heavy atom. The number of carbonyl (C=O) groups excluding carboxylic acids is 1. The van der Waals surface area contributed by atoms with Crippen LogP contribution in [0.2, 0.25) is 0 Å². The van der Waals surface area contributed by atoms with Gasteiger partial charge < -0.3 is 10.1 Å². The molecule has 7 heteroatoms. The summed E-state index contributed by atoms with van der Waals surface area (Å²) in [5, 5.41) is 6.40. The van der Waals surface area contributed by atoms with E-state index in [0.717, 1.165) is 0 Å². The van der Waals surface area contributed by atoms with Crippen LogP contribution in [0.4, 0.5) is 0 Å². The van der Waals surface area contributed by atoms with Gasteiger partial charge in [0.1, 0.15) is 6.04 Å². The van der Waals surface area contributed by atoms with E-state index in [1.54, 1.807) is 0 Å². The highest BCUT2D eigenvalue weighted by Gasteiger charge is 2.29. The lowest BCUT2D eigenvalue weighted by Gasteiger charge is -2.05. The number of azide groups is 1. The van der Waals surface area contributed by atoms with E-state index in [4.69, 9.17) is 5.53 Å². The molecule has 1 aliphatic rings. The number of nitrogens with zero attached hydrogens (tertiary/aromatic N) is 3. The van der Waals surface area contributed by atoms with Gasteiger partial charge in [0.05, 0.1) is 13.2 Å². The molecule has 0 aromatic rings. The smallest absolute Gasteiger partial charge is 0.322 e. The highest BCUT2D eigenvalue weighted by Crippen LogP contribution is 2.11. The van der Waals surface area contributed by atoms with Crippen molar-refractivity contribution in [2.75, 3.05) is 13.7 Å². The molecule has 74 valence electrons. The quantitative estimate of drug-likeness (QED) is 0.311. The lowest BCUT2D eigenvalue weighted by atomic mass is 10.2. The van der Waals surface area contributed by atoms with Gasteiger partial charge in [-0.3, -0.25) is 4.79 Å². The third-order valence-corrected chi connectivity index (χ3v) is 1.81. The molecule has 1 fully saturated rings. The van der Waals surface area contributed by atoms with Crippen molar-refractivity contribution in [3.05, 3.63) is 10.4 Å². The number of hydrogen-bond acceptors (Lipinski definition) is 4. The van der Waals surface area contributed by atoms with Crippen molar-refractivity contribution in [1.82, 2.24) is 5.32 Å². The van der Waals surface area contributed by atoms with Crippen molar-refractivity contribution < 1.29 is 9.53 Å². The first-order valence-electron chi connectivity index (χ1n) is 3.63. The summed E-state index contributed by atoms with van der Waals surface area (Å²) in [5.41, 5.74) is 8.12. The summed E-state index contributed by atoms with van der Waals surface area (Å²) in [6, 6.07) is -0.440. The molecule has 13 heavy (non-hydrogen) atoms. The van der Waals surface area contributed by atoms with Crippen molar-refractivity contribution >= 4 is 18.4 Å². The molecule has 0 bridgehead atoms. The number of halogens is 1. The summed E-state index contributed by atoms with van der Waals surface area (Å²) in [7, 11) is 1.34. The molecular formula is C6H11ClN4O2. The first-order valence-corrected chi connectivity index (χ1v) is 3.63. The van der Waals surface area contributed by atoms with Crippen LogP contribution in [0.25, 0.3) is 10.4 Å². The Kier molecular flexibility index (Phi) is 5.22. The van der Waals surface area contributed by atoms with Crippen molar-refractivity contribution in [2.45, 2.75) is 18.5 Å². The van der Waals surface area contributed by atoms with Crippen LogP contribution in [0.3, 0.4) is 0 Å². The molecule has 0 radical (unpaired) electrons. The maximum absolute atomic E-state index is 10.9. The highest BCUT2D eigenvalue weighted by atomic mass is 35.5. The van der Waals surface area contributed by atoms with Crippen molar-refractivity contribution in [3.63, 3.8) is 0 Å². The molecule has 6 nitrogen and oxygen atoms in total. The molecule has 0 aromatic heterocycles. The number of hydrogen-bond donors (Lipinski definition) is 1. The van der Waals surface area contributed by atoms with Gasteiger partial charge in [-0.2, -0.15) is 0 Å². The number of rotatable bonds is 2. The average molecular weight is 207 g/mol. The molecule has 1 N–H and O–H groups in total. The minimum atomic E-state index is -0.314. The molecule has 0 saturated carbocycles. The van der Waals surface area contributed by atoms with Gasteiger partial charge in [-0.1, -0.05) is 5.11 Å². The normalized spacial score (nSPS) is 25.6. The van der Waals surface area contributed by atoms with Crippen molar-refractivity contribution in [3.8, 4) is 0 Å². The van der Waals surface area contributed by atoms with E-state index in [9.17, 15) is 4.79 Å². The summed E-state index contributed by atoms with van der Waals surface area (Å²) in [6.45, 7) is 0.545. The van der Waals surface area contributed by atoms with Crippen molar-refractivity contribution in [1.29, 1.82) is 0 Å². The number of esters is 1. The lowest BCUT2D eigenvalue weighted by Crippen LogP contribution is -2.31. The number of methoxy groups -OCH3 is 1. The van der Waals surface area contributed by atoms with Crippen LogP contribution in [-0.2, 0) is 9.53 Å². The fourth-order valence-corrected chi connectivity index (χ4v) is 1.20. The molecule has 0 unspecified atom stereocenters.